The van der Waals surface area contributed by atoms with Gasteiger partial charge < -0.3 is 0 Å². The quantitative estimate of drug-likeness (QED) is 0.262. The molecule has 0 amide bonds. The summed E-state index contributed by atoms with van der Waals surface area (Å²) in [4.78, 5) is 4.01. The van der Waals surface area contributed by atoms with Crippen LogP contribution in [0.1, 0.15) is 36.8 Å². The van der Waals surface area contributed by atoms with Gasteiger partial charge in [0.2, 0.25) is 0 Å². The maximum absolute atomic E-state index is 4.19. The molecule has 1 atom stereocenters. The van der Waals surface area contributed by atoms with Crippen molar-refractivity contribution in [1.29, 1.82) is 0 Å². The van der Waals surface area contributed by atoms with Gasteiger partial charge in [-0.1, -0.05) is 67.6 Å². The van der Waals surface area contributed by atoms with E-state index in [0.717, 1.165) is 0 Å². The second-order valence-electron chi connectivity index (χ2n) is 9.20. The van der Waals surface area contributed by atoms with Crippen LogP contribution in [-0.4, -0.2) is 15.2 Å². The highest BCUT2D eigenvalue weighted by Gasteiger charge is 2.21. The second kappa shape index (κ2) is 8.75. The van der Waals surface area contributed by atoms with Crippen LogP contribution in [0, 0.1) is 0 Å². The number of aryl methyl sites for hydroxylation is 1. The van der Waals surface area contributed by atoms with E-state index in [1.165, 1.54) is 68.3 Å². The zero-order chi connectivity index (χ0) is 22.9. The molecule has 0 fully saturated rings. The van der Waals surface area contributed by atoms with Crippen LogP contribution < -0.4 is 0 Å². The van der Waals surface area contributed by atoms with Crippen LogP contribution in [0.2, 0.25) is 0 Å². The van der Waals surface area contributed by atoms with Gasteiger partial charge in [-0.25, -0.2) is 0 Å². The molecule has 0 radical (unpaired) electrons. The smallest absolute Gasteiger partial charge is 0.0566 e. The molecule has 3 nitrogen and oxygen atoms in total. The summed E-state index contributed by atoms with van der Waals surface area (Å²) in [7, 11) is 0. The maximum Gasteiger partial charge on any atom is 0.0566 e. The van der Waals surface area contributed by atoms with Crippen LogP contribution >= 0.6 is 0 Å². The molecule has 7 rings (SSSR count). The minimum atomic E-state index is 0.654. The zero-order valence-corrected chi connectivity index (χ0v) is 19.3. The summed E-state index contributed by atoms with van der Waals surface area (Å²) in [6.07, 6.45) is 11.4. The number of hydrogen-bond acceptors (Lipinski definition) is 2. The Kier molecular flexibility index (Phi) is 5.31. The molecule has 2 aromatic heterocycles. The molecule has 166 valence electrons. The molecule has 6 aromatic rings. The number of aromatic nitrogens is 3. The Hall–Kier alpha value is -3.98. The van der Waals surface area contributed by atoms with Gasteiger partial charge in [-0.2, -0.15) is 5.10 Å². The van der Waals surface area contributed by atoms with Gasteiger partial charge in [-0.15, -0.1) is 0 Å². The lowest BCUT2D eigenvalue weighted by atomic mass is 9.79. The van der Waals surface area contributed by atoms with Crippen LogP contribution in [0.15, 0.2) is 97.6 Å². The molecular formula is C31H27N3. The average molecular weight is 442 g/mol. The van der Waals surface area contributed by atoms with Gasteiger partial charge in [0.15, 0.2) is 0 Å². The first-order chi connectivity index (χ1) is 16.8. The third kappa shape index (κ3) is 3.63. The molecule has 0 spiro atoms. The number of nitrogens with one attached hydrogen (secondary N) is 1. The molecule has 4 aromatic carbocycles. The summed E-state index contributed by atoms with van der Waals surface area (Å²) in [6, 6.07) is 25.9. The van der Waals surface area contributed by atoms with E-state index in [9.17, 15) is 0 Å². The maximum atomic E-state index is 4.19. The molecule has 0 saturated heterocycles. The molecule has 1 aliphatic rings. The van der Waals surface area contributed by atoms with Crippen molar-refractivity contribution in [3.8, 4) is 11.1 Å². The zero-order valence-electron chi connectivity index (χ0n) is 19.3. The summed E-state index contributed by atoms with van der Waals surface area (Å²) in [5.74, 6) is 0.654. The van der Waals surface area contributed by atoms with E-state index in [1.807, 2.05) is 43.0 Å². The van der Waals surface area contributed by atoms with Gasteiger partial charge in [0, 0.05) is 24.2 Å². The fourth-order valence-corrected chi connectivity index (χ4v) is 5.42. The van der Waals surface area contributed by atoms with Gasteiger partial charge in [0.1, 0.15) is 0 Å². The molecule has 1 N–H and O–H groups in total. The van der Waals surface area contributed by atoms with Crippen LogP contribution in [0.3, 0.4) is 0 Å². The summed E-state index contributed by atoms with van der Waals surface area (Å²) in [6.45, 7) is 2.36. The lowest BCUT2D eigenvalue weighted by molar-refractivity contribution is 0.593. The third-order valence-electron chi connectivity index (χ3n) is 7.12. The topological polar surface area (TPSA) is 41.6 Å². The molecule has 1 aliphatic carbocycles. The van der Waals surface area contributed by atoms with E-state index < -0.39 is 0 Å². The lowest BCUT2D eigenvalue weighted by Crippen LogP contribution is -2.08. The summed E-state index contributed by atoms with van der Waals surface area (Å²) >= 11 is 0. The van der Waals surface area contributed by atoms with Crippen LogP contribution in [0.4, 0.5) is 0 Å². The number of aromatic amines is 1. The Bertz CT molecular complexity index is 1530. The van der Waals surface area contributed by atoms with Crippen molar-refractivity contribution in [2.24, 2.45) is 0 Å². The van der Waals surface area contributed by atoms with Gasteiger partial charge in [-0.05, 0) is 86.3 Å². The van der Waals surface area contributed by atoms with Gasteiger partial charge in [0.05, 0.1) is 6.20 Å². The van der Waals surface area contributed by atoms with Crippen molar-refractivity contribution in [2.45, 2.75) is 32.1 Å². The Balaban J connectivity index is 0.000000182. The van der Waals surface area contributed by atoms with Gasteiger partial charge >= 0.3 is 0 Å². The number of fused-ring (bicyclic) bond motifs is 6. The van der Waals surface area contributed by atoms with E-state index in [-0.39, 0.29) is 0 Å². The van der Waals surface area contributed by atoms with Crippen molar-refractivity contribution in [3.05, 3.63) is 109 Å². The Labute approximate surface area is 199 Å². The Morgan fingerprint density at radius 3 is 2.47 bits per heavy atom. The number of H-pyrrole nitrogens is 1. The lowest BCUT2D eigenvalue weighted by Gasteiger charge is -2.25. The molecule has 2 heterocycles. The predicted octanol–water partition coefficient (Wildman–Crippen LogP) is 8.06. The standard InChI is InChI=1S/C22H20N2.C9H7N/c1-14-5-4-8-19-17(14)9-10-20-18-7-3-2-6-15(18)11-21(22(19)20)16-12-23-24-13-16;1-2-4-9-7-10-6-5-8(9)3-1/h2-3,6-7,9-14H,4-5,8H2,1H3,(H,23,24);1-7H. The molecule has 0 bridgehead atoms. The first kappa shape index (κ1) is 20.6. The first-order valence-corrected chi connectivity index (χ1v) is 12.0. The molecule has 0 aliphatic heterocycles. The second-order valence-corrected chi connectivity index (χ2v) is 9.20. The highest BCUT2D eigenvalue weighted by atomic mass is 15.1. The van der Waals surface area contributed by atoms with E-state index in [4.69, 9.17) is 0 Å². The van der Waals surface area contributed by atoms with E-state index in [0.29, 0.717) is 5.92 Å². The Morgan fingerprint density at radius 1 is 0.824 bits per heavy atom. The van der Waals surface area contributed by atoms with Crippen molar-refractivity contribution in [3.63, 3.8) is 0 Å². The molecule has 34 heavy (non-hydrogen) atoms. The monoisotopic (exact) mass is 441 g/mol. The number of benzene rings is 4. The predicted molar refractivity (Wildman–Crippen MR) is 142 cm³/mol. The largest absolute Gasteiger partial charge is 0.285 e. The third-order valence-corrected chi connectivity index (χ3v) is 7.12. The fraction of sp³-hybridized carbons (Fsp3) is 0.161. The number of rotatable bonds is 1. The summed E-state index contributed by atoms with van der Waals surface area (Å²) < 4.78 is 0. The molecular weight excluding hydrogens is 414 g/mol. The molecule has 0 saturated carbocycles. The van der Waals surface area contributed by atoms with E-state index in [2.05, 4.69) is 76.7 Å². The molecule has 3 heteroatoms. The number of nitrogens with zero attached hydrogens (tertiary/aromatic N) is 2. The van der Waals surface area contributed by atoms with Crippen molar-refractivity contribution in [2.75, 3.05) is 0 Å². The van der Waals surface area contributed by atoms with Crippen LogP contribution in [0.5, 0.6) is 0 Å². The molecule has 1 unspecified atom stereocenters. The van der Waals surface area contributed by atoms with E-state index in [1.54, 1.807) is 5.56 Å². The van der Waals surface area contributed by atoms with Crippen LogP contribution in [0.25, 0.3) is 43.4 Å². The van der Waals surface area contributed by atoms with Crippen molar-refractivity contribution >= 4 is 32.3 Å². The summed E-state index contributed by atoms with van der Waals surface area (Å²) in [5, 5.41) is 15.1. The average Bonchev–Trinajstić information content (AvgIpc) is 3.44. The van der Waals surface area contributed by atoms with Crippen molar-refractivity contribution < 1.29 is 0 Å². The Morgan fingerprint density at radius 2 is 1.65 bits per heavy atom. The SMILES string of the molecule is CC1CCCc2c1ccc1c2c(-c2cn[nH]c2)cc2ccccc21.c1ccc2cnccc2c1. The van der Waals surface area contributed by atoms with Gasteiger partial charge in [-0.3, -0.25) is 10.1 Å². The number of hydrogen-bond donors (Lipinski definition) is 1. The number of pyridine rings is 1. The van der Waals surface area contributed by atoms with Gasteiger partial charge in [0.25, 0.3) is 0 Å². The first-order valence-electron chi connectivity index (χ1n) is 12.0. The summed E-state index contributed by atoms with van der Waals surface area (Å²) in [5.41, 5.74) is 5.57. The van der Waals surface area contributed by atoms with E-state index >= 15 is 0 Å². The normalized spacial score (nSPS) is 15.1. The fourth-order valence-electron chi connectivity index (χ4n) is 5.42. The van der Waals surface area contributed by atoms with Crippen LogP contribution in [-0.2, 0) is 6.42 Å². The minimum absolute atomic E-state index is 0.654. The highest BCUT2D eigenvalue weighted by molar-refractivity contribution is 6.15. The van der Waals surface area contributed by atoms with Crippen molar-refractivity contribution in [1.82, 2.24) is 15.2 Å². The minimum Gasteiger partial charge on any atom is -0.285 e. The highest BCUT2D eigenvalue weighted by Crippen LogP contribution is 2.42.